The lowest BCUT2D eigenvalue weighted by molar-refractivity contribution is -0.118. The number of halogens is 1. The highest BCUT2D eigenvalue weighted by atomic mass is 127. The van der Waals surface area contributed by atoms with Crippen LogP contribution in [0.15, 0.2) is 59.7 Å². The maximum absolute atomic E-state index is 12.6. The third kappa shape index (κ3) is 8.10. The average Bonchev–Trinajstić information content (AvgIpc) is 2.88. The van der Waals surface area contributed by atoms with E-state index in [0.717, 1.165) is 9.13 Å². The van der Waals surface area contributed by atoms with Crippen molar-refractivity contribution in [3.63, 3.8) is 0 Å². The number of carbonyl (C=O) groups is 2. The van der Waals surface area contributed by atoms with Gasteiger partial charge in [0.2, 0.25) is 0 Å². The molecule has 0 saturated heterocycles. The van der Waals surface area contributed by atoms with Crippen molar-refractivity contribution in [1.29, 1.82) is 0 Å². The molecule has 3 aromatic rings. The summed E-state index contributed by atoms with van der Waals surface area (Å²) in [5.41, 5.74) is 5.31. The Morgan fingerprint density at radius 2 is 1.71 bits per heavy atom. The third-order valence-electron chi connectivity index (χ3n) is 5.09. The van der Waals surface area contributed by atoms with Gasteiger partial charge in [-0.3, -0.25) is 9.59 Å². The third-order valence-corrected chi connectivity index (χ3v) is 5.89. The molecule has 0 aliphatic heterocycles. The van der Waals surface area contributed by atoms with E-state index < -0.39 is 5.91 Å². The molecule has 10 heteroatoms. The molecule has 0 radical (unpaired) electrons. The van der Waals surface area contributed by atoms with Crippen molar-refractivity contribution < 1.29 is 28.5 Å². The number of carbonyl (C=O) groups excluding carboxylic acids is 2. The van der Waals surface area contributed by atoms with Crippen LogP contribution in [-0.2, 0) is 4.79 Å². The molecule has 0 fully saturated rings. The number of nitrogens with one attached hydrogen (secondary N) is 2. The lowest BCUT2D eigenvalue weighted by Gasteiger charge is -2.14. The Hall–Kier alpha value is -3.80. The summed E-state index contributed by atoms with van der Waals surface area (Å²) in [7, 11) is 1.51. The summed E-state index contributed by atoms with van der Waals surface area (Å²) in [5, 5.41) is 6.89. The van der Waals surface area contributed by atoms with Gasteiger partial charge in [0, 0.05) is 11.3 Å². The minimum Gasteiger partial charge on any atom is -0.493 e. The van der Waals surface area contributed by atoms with Crippen LogP contribution < -0.4 is 29.7 Å². The van der Waals surface area contributed by atoms with Crippen LogP contribution in [-0.4, -0.2) is 45.0 Å². The molecule has 38 heavy (non-hydrogen) atoms. The molecule has 0 aliphatic rings. The van der Waals surface area contributed by atoms with Crippen LogP contribution in [0.4, 0.5) is 5.69 Å². The minimum atomic E-state index is -0.401. The molecule has 0 atom stereocenters. The zero-order chi connectivity index (χ0) is 27.5. The van der Waals surface area contributed by atoms with Gasteiger partial charge < -0.3 is 24.3 Å². The van der Waals surface area contributed by atoms with Crippen LogP contribution in [0, 0.1) is 10.5 Å². The van der Waals surface area contributed by atoms with Gasteiger partial charge in [-0.15, -0.1) is 0 Å². The van der Waals surface area contributed by atoms with Crippen LogP contribution in [0.25, 0.3) is 0 Å². The Morgan fingerprint density at radius 1 is 0.947 bits per heavy atom. The van der Waals surface area contributed by atoms with Gasteiger partial charge in [0.1, 0.15) is 0 Å². The van der Waals surface area contributed by atoms with E-state index in [2.05, 4.69) is 38.4 Å². The fourth-order valence-electron chi connectivity index (χ4n) is 3.44. The summed E-state index contributed by atoms with van der Waals surface area (Å²) >= 11 is 2.11. The number of nitrogens with zero attached hydrogens (tertiary/aromatic N) is 1. The van der Waals surface area contributed by atoms with E-state index in [1.807, 2.05) is 51.1 Å². The fraction of sp³-hybridized carbons (Fsp3) is 0.250. The Bertz CT molecular complexity index is 1310. The molecule has 0 spiro atoms. The molecule has 9 nitrogen and oxygen atoms in total. The summed E-state index contributed by atoms with van der Waals surface area (Å²) < 4.78 is 23.1. The second-order valence-electron chi connectivity index (χ2n) is 7.97. The molecule has 3 rings (SSSR count). The summed E-state index contributed by atoms with van der Waals surface area (Å²) in [4.78, 5) is 25.0. The molecule has 0 aromatic heterocycles. The number of anilines is 1. The molecule has 200 valence electrons. The van der Waals surface area contributed by atoms with E-state index in [1.165, 1.54) is 13.3 Å². The summed E-state index contributed by atoms with van der Waals surface area (Å²) in [5.74, 6) is 1.25. The summed E-state index contributed by atoms with van der Waals surface area (Å²) in [6.45, 7) is 6.38. The van der Waals surface area contributed by atoms with Gasteiger partial charge in [-0.05, 0) is 97.0 Å². The number of rotatable bonds is 12. The smallest absolute Gasteiger partial charge is 0.271 e. The monoisotopic (exact) mass is 631 g/mol. The standard InChI is InChI=1S/C28H30IN3O6/c1-5-36-23-11-10-20(15-24(23)35-4)28(34)32-30-16-19-13-22(29)27(25(14-19)37-6-2)38-17-26(33)31-21-9-7-8-18(3)12-21/h7-16H,5-6,17H2,1-4H3,(H,31,33)(H,32,34)/b30-16+. The van der Waals surface area contributed by atoms with E-state index in [0.29, 0.717) is 53.0 Å². The number of methoxy groups -OCH3 is 1. The van der Waals surface area contributed by atoms with Crippen LogP contribution in [0.1, 0.15) is 35.3 Å². The van der Waals surface area contributed by atoms with Crippen molar-refractivity contribution in [2.75, 3.05) is 32.2 Å². The van der Waals surface area contributed by atoms with Gasteiger partial charge in [0.15, 0.2) is 29.6 Å². The lowest BCUT2D eigenvalue weighted by Crippen LogP contribution is -2.20. The number of hydrogen-bond donors (Lipinski definition) is 2. The van der Waals surface area contributed by atoms with Crippen molar-refractivity contribution in [2.45, 2.75) is 20.8 Å². The topological polar surface area (TPSA) is 107 Å². The minimum absolute atomic E-state index is 0.181. The highest BCUT2D eigenvalue weighted by molar-refractivity contribution is 14.1. The fourth-order valence-corrected chi connectivity index (χ4v) is 4.22. The van der Waals surface area contributed by atoms with Gasteiger partial charge in [-0.2, -0.15) is 5.10 Å². The van der Waals surface area contributed by atoms with Crippen LogP contribution in [0.2, 0.25) is 0 Å². The molecule has 0 heterocycles. The second-order valence-corrected chi connectivity index (χ2v) is 9.13. The maximum Gasteiger partial charge on any atom is 0.271 e. The molecule has 0 aliphatic carbocycles. The molecule has 0 saturated carbocycles. The zero-order valence-corrected chi connectivity index (χ0v) is 23.8. The first-order valence-corrected chi connectivity index (χ1v) is 13.0. The van der Waals surface area contributed by atoms with Crippen molar-refractivity contribution in [3.05, 3.63) is 74.9 Å². The summed E-state index contributed by atoms with van der Waals surface area (Å²) in [6.07, 6.45) is 1.50. The Labute approximate surface area is 235 Å². The van der Waals surface area contributed by atoms with Crippen LogP contribution >= 0.6 is 22.6 Å². The zero-order valence-electron chi connectivity index (χ0n) is 21.7. The van der Waals surface area contributed by atoms with Gasteiger partial charge in [-0.1, -0.05) is 12.1 Å². The van der Waals surface area contributed by atoms with Crippen LogP contribution in [0.3, 0.4) is 0 Å². The number of aryl methyl sites for hydroxylation is 1. The van der Waals surface area contributed by atoms with E-state index in [1.54, 1.807) is 24.3 Å². The number of amides is 2. The number of hydrogen-bond acceptors (Lipinski definition) is 7. The average molecular weight is 631 g/mol. The lowest BCUT2D eigenvalue weighted by atomic mass is 10.2. The predicted octanol–water partition coefficient (Wildman–Crippen LogP) is 5.19. The van der Waals surface area contributed by atoms with Crippen molar-refractivity contribution >= 4 is 46.3 Å². The quantitative estimate of drug-likeness (QED) is 0.162. The largest absolute Gasteiger partial charge is 0.493 e. The van der Waals surface area contributed by atoms with E-state index >= 15 is 0 Å². The summed E-state index contributed by atoms with van der Waals surface area (Å²) in [6, 6.07) is 16.0. The normalized spacial score (nSPS) is 10.7. The molecule has 3 aromatic carbocycles. The first kappa shape index (κ1) is 28.8. The van der Waals surface area contributed by atoms with E-state index in [4.69, 9.17) is 18.9 Å². The van der Waals surface area contributed by atoms with Gasteiger partial charge in [0.25, 0.3) is 11.8 Å². The van der Waals surface area contributed by atoms with Crippen LogP contribution in [0.5, 0.6) is 23.0 Å². The number of ether oxygens (including phenoxy) is 4. The SMILES string of the molecule is CCOc1ccc(C(=O)N/N=C/c2cc(I)c(OCC(=O)Nc3cccc(C)c3)c(OCC)c2)cc1OC. The van der Waals surface area contributed by atoms with E-state index in [-0.39, 0.29) is 12.5 Å². The molecule has 2 amide bonds. The highest BCUT2D eigenvalue weighted by Crippen LogP contribution is 2.34. The number of hydrazone groups is 1. The first-order valence-electron chi connectivity index (χ1n) is 11.9. The molecular formula is C28H30IN3O6. The highest BCUT2D eigenvalue weighted by Gasteiger charge is 2.15. The van der Waals surface area contributed by atoms with Gasteiger partial charge >= 0.3 is 0 Å². The molecule has 2 N–H and O–H groups in total. The molecule has 0 unspecified atom stereocenters. The molecular weight excluding hydrogens is 601 g/mol. The second kappa shape index (κ2) is 14.2. The Kier molecular flexibility index (Phi) is 10.8. The van der Waals surface area contributed by atoms with Gasteiger partial charge in [0.05, 0.1) is 30.1 Å². The number of benzene rings is 3. The van der Waals surface area contributed by atoms with Gasteiger partial charge in [-0.25, -0.2) is 5.43 Å². The van der Waals surface area contributed by atoms with Crippen molar-refractivity contribution in [3.8, 4) is 23.0 Å². The van der Waals surface area contributed by atoms with Crippen molar-refractivity contribution in [2.24, 2.45) is 5.10 Å². The Morgan fingerprint density at radius 3 is 2.42 bits per heavy atom. The predicted molar refractivity (Wildman–Crippen MR) is 155 cm³/mol. The maximum atomic E-state index is 12.6. The van der Waals surface area contributed by atoms with E-state index in [9.17, 15) is 9.59 Å². The Balaban J connectivity index is 1.66. The van der Waals surface area contributed by atoms with Crippen molar-refractivity contribution in [1.82, 2.24) is 5.43 Å². The first-order chi connectivity index (χ1) is 18.3. The molecule has 0 bridgehead atoms.